The average molecular weight is 450 g/mol. The van der Waals surface area contributed by atoms with E-state index in [2.05, 4.69) is 29.6 Å². The second kappa shape index (κ2) is 10.2. The van der Waals surface area contributed by atoms with Crippen molar-refractivity contribution >= 4 is 17.9 Å². The van der Waals surface area contributed by atoms with Gasteiger partial charge in [0, 0.05) is 17.4 Å². The topological polar surface area (TPSA) is 78.8 Å². The molecule has 3 aromatic carbocycles. The molecule has 1 aliphatic carbocycles. The number of benzene rings is 3. The summed E-state index contributed by atoms with van der Waals surface area (Å²) in [6.07, 6.45) is -0.347. The fourth-order valence-electron chi connectivity index (χ4n) is 4.18. The first kappa shape index (κ1) is 22.4. The highest BCUT2D eigenvalue weighted by molar-refractivity contribution is 7.98. The summed E-state index contributed by atoms with van der Waals surface area (Å²) in [6, 6.07) is 23.8. The van der Waals surface area contributed by atoms with Gasteiger partial charge in [-0.25, -0.2) is 4.79 Å². The summed E-state index contributed by atoms with van der Waals surface area (Å²) in [5.41, 5.74) is 5.34. The zero-order valence-electron chi connectivity index (χ0n) is 17.9. The van der Waals surface area contributed by atoms with Gasteiger partial charge in [0.15, 0.2) is 0 Å². The fraction of sp³-hybridized carbons (Fsp3) is 0.269. The number of rotatable bonds is 8. The zero-order chi connectivity index (χ0) is 22.5. The van der Waals surface area contributed by atoms with Crippen molar-refractivity contribution in [2.24, 2.45) is 0 Å². The van der Waals surface area contributed by atoms with E-state index in [0.29, 0.717) is 5.56 Å². The van der Waals surface area contributed by atoms with Gasteiger partial charge < -0.3 is 20.3 Å². The zero-order valence-corrected chi connectivity index (χ0v) is 18.7. The Morgan fingerprint density at radius 1 is 1.00 bits per heavy atom. The summed E-state index contributed by atoms with van der Waals surface area (Å²) < 4.78 is 5.50. The molecule has 1 amide bonds. The molecule has 32 heavy (non-hydrogen) atoms. The van der Waals surface area contributed by atoms with Gasteiger partial charge in [0.2, 0.25) is 0 Å². The maximum Gasteiger partial charge on any atom is 0.407 e. The molecule has 0 aromatic heterocycles. The smallest absolute Gasteiger partial charge is 0.407 e. The lowest BCUT2D eigenvalue weighted by molar-refractivity contribution is 0.0135. The highest BCUT2D eigenvalue weighted by atomic mass is 32.2. The first-order valence-corrected chi connectivity index (χ1v) is 11.9. The molecule has 0 saturated carbocycles. The molecule has 166 valence electrons. The Kier molecular flexibility index (Phi) is 7.15. The number of fused-ring (bicyclic) bond motifs is 3. The van der Waals surface area contributed by atoms with Gasteiger partial charge in [-0.15, -0.1) is 11.8 Å². The highest BCUT2D eigenvalue weighted by Gasteiger charge is 2.29. The third-order valence-electron chi connectivity index (χ3n) is 5.85. The van der Waals surface area contributed by atoms with Gasteiger partial charge in [-0.1, -0.05) is 60.7 Å². The van der Waals surface area contributed by atoms with Crippen LogP contribution in [0.1, 0.15) is 35.1 Å². The van der Waals surface area contributed by atoms with Crippen molar-refractivity contribution in [2.75, 3.05) is 19.4 Å². The molecule has 3 N–H and O–H groups in total. The van der Waals surface area contributed by atoms with Crippen LogP contribution < -0.4 is 5.32 Å². The van der Waals surface area contributed by atoms with Crippen LogP contribution in [0.4, 0.5) is 4.79 Å². The molecule has 5 nitrogen and oxygen atoms in total. The minimum Gasteiger partial charge on any atom is -0.449 e. The number of amides is 1. The van der Waals surface area contributed by atoms with Gasteiger partial charge in [-0.2, -0.15) is 0 Å². The van der Waals surface area contributed by atoms with Crippen LogP contribution in [0.25, 0.3) is 11.1 Å². The third kappa shape index (κ3) is 4.83. The van der Waals surface area contributed by atoms with Crippen molar-refractivity contribution < 1.29 is 19.7 Å². The van der Waals surface area contributed by atoms with Crippen LogP contribution in [0.5, 0.6) is 0 Å². The Bertz CT molecular complexity index is 1040. The van der Waals surface area contributed by atoms with Gasteiger partial charge >= 0.3 is 6.09 Å². The average Bonchev–Trinajstić information content (AvgIpc) is 3.16. The van der Waals surface area contributed by atoms with Crippen molar-refractivity contribution in [3.63, 3.8) is 0 Å². The number of thioether (sulfide) groups is 1. The Morgan fingerprint density at radius 2 is 1.66 bits per heavy atom. The van der Waals surface area contributed by atoms with E-state index >= 15 is 0 Å². The Balaban J connectivity index is 1.28. The van der Waals surface area contributed by atoms with E-state index in [4.69, 9.17) is 4.74 Å². The number of hydrogen-bond acceptors (Lipinski definition) is 5. The lowest BCUT2D eigenvalue weighted by Gasteiger charge is -2.19. The van der Waals surface area contributed by atoms with Crippen LogP contribution in [0, 0.1) is 0 Å². The summed E-state index contributed by atoms with van der Waals surface area (Å²) in [6.45, 7) is 0.448. The molecule has 0 fully saturated rings. The van der Waals surface area contributed by atoms with E-state index in [-0.39, 0.29) is 25.5 Å². The van der Waals surface area contributed by atoms with Crippen molar-refractivity contribution in [1.29, 1.82) is 0 Å². The van der Waals surface area contributed by atoms with E-state index in [1.807, 2.05) is 48.7 Å². The molecule has 2 atom stereocenters. The van der Waals surface area contributed by atoms with Crippen LogP contribution in [0.15, 0.2) is 77.7 Å². The fourth-order valence-corrected chi connectivity index (χ4v) is 4.65. The van der Waals surface area contributed by atoms with E-state index < -0.39 is 18.3 Å². The number of aliphatic hydroxyl groups is 2. The van der Waals surface area contributed by atoms with Gasteiger partial charge in [-0.05, 0) is 52.6 Å². The summed E-state index contributed by atoms with van der Waals surface area (Å²) in [4.78, 5) is 13.3. The molecule has 0 spiro atoms. The van der Waals surface area contributed by atoms with Crippen molar-refractivity contribution in [3.05, 3.63) is 89.5 Å². The lowest BCUT2D eigenvalue weighted by Crippen LogP contribution is -2.30. The molecular formula is C26H27NO4S. The number of carbonyl (C=O) groups excluding carboxylic acids is 1. The van der Waals surface area contributed by atoms with E-state index in [0.717, 1.165) is 16.0 Å². The van der Waals surface area contributed by atoms with Gasteiger partial charge in [0.05, 0.1) is 6.10 Å². The van der Waals surface area contributed by atoms with Crippen LogP contribution >= 0.6 is 11.8 Å². The molecular weight excluding hydrogens is 422 g/mol. The van der Waals surface area contributed by atoms with Crippen molar-refractivity contribution in [3.8, 4) is 11.1 Å². The quantitative estimate of drug-likeness (QED) is 0.433. The second-order valence-electron chi connectivity index (χ2n) is 7.83. The lowest BCUT2D eigenvalue weighted by atomic mass is 9.98. The van der Waals surface area contributed by atoms with E-state index in [1.54, 1.807) is 17.8 Å². The highest BCUT2D eigenvalue weighted by Crippen LogP contribution is 2.44. The predicted molar refractivity (Wildman–Crippen MR) is 127 cm³/mol. The largest absolute Gasteiger partial charge is 0.449 e. The molecule has 0 saturated heterocycles. The van der Waals surface area contributed by atoms with E-state index in [1.165, 1.54) is 11.1 Å². The van der Waals surface area contributed by atoms with E-state index in [9.17, 15) is 15.0 Å². The summed E-state index contributed by atoms with van der Waals surface area (Å²) >= 11 is 1.57. The first-order chi connectivity index (χ1) is 15.6. The summed E-state index contributed by atoms with van der Waals surface area (Å²) in [7, 11) is 0. The molecule has 0 heterocycles. The first-order valence-electron chi connectivity index (χ1n) is 10.7. The van der Waals surface area contributed by atoms with Crippen LogP contribution in [0.2, 0.25) is 0 Å². The maximum absolute atomic E-state index is 12.2. The number of nitrogens with one attached hydrogen (secondary N) is 1. The summed E-state index contributed by atoms with van der Waals surface area (Å²) in [5.74, 6) is 0.00396. The Hall–Kier alpha value is -2.80. The van der Waals surface area contributed by atoms with Crippen molar-refractivity contribution in [2.45, 2.75) is 29.4 Å². The molecule has 2 unspecified atom stereocenters. The van der Waals surface area contributed by atoms with Gasteiger partial charge in [0.25, 0.3) is 0 Å². The Labute approximate surface area is 192 Å². The number of ether oxygens (including phenoxy) is 1. The number of aliphatic hydroxyl groups excluding tert-OH is 2. The van der Waals surface area contributed by atoms with Crippen LogP contribution in [-0.4, -0.2) is 41.8 Å². The number of alkyl carbamates (subject to hydrolysis) is 1. The summed E-state index contributed by atoms with van der Waals surface area (Å²) in [5, 5.41) is 23.4. The number of hydrogen-bond donors (Lipinski definition) is 3. The third-order valence-corrected chi connectivity index (χ3v) is 6.58. The molecule has 6 heteroatoms. The minimum absolute atomic E-state index is 0.00396. The monoisotopic (exact) mass is 449 g/mol. The predicted octanol–water partition coefficient (Wildman–Crippen LogP) is 4.73. The van der Waals surface area contributed by atoms with Crippen molar-refractivity contribution in [1.82, 2.24) is 5.32 Å². The molecule has 4 rings (SSSR count). The minimum atomic E-state index is -1.01. The SMILES string of the molecule is CSc1cccc(C(O)C(O)CCNC(=O)OCC2c3ccccc3-c3ccccc32)c1. The van der Waals surface area contributed by atoms with Crippen LogP contribution in [0.3, 0.4) is 0 Å². The Morgan fingerprint density at radius 3 is 2.31 bits per heavy atom. The van der Waals surface area contributed by atoms with Gasteiger partial charge in [0.1, 0.15) is 12.7 Å². The van der Waals surface area contributed by atoms with Gasteiger partial charge in [-0.3, -0.25) is 0 Å². The molecule has 0 aliphatic heterocycles. The van der Waals surface area contributed by atoms with Crippen LogP contribution in [-0.2, 0) is 4.74 Å². The maximum atomic E-state index is 12.2. The normalized spacial score (nSPS) is 14.3. The molecule has 0 bridgehead atoms. The second-order valence-corrected chi connectivity index (χ2v) is 8.71. The standard InChI is InChI=1S/C26H27NO4S/c1-32-18-8-6-7-17(15-18)25(29)24(28)13-14-27-26(30)31-16-23-21-11-4-2-9-19(21)20-10-3-5-12-22(20)23/h2-12,15,23-25,28-29H,13-14,16H2,1H3,(H,27,30). The number of carbonyl (C=O) groups is 1. The molecule has 1 aliphatic rings. The molecule has 0 radical (unpaired) electrons. The molecule has 3 aromatic rings.